The van der Waals surface area contributed by atoms with Crippen LogP contribution in [0, 0.1) is 6.92 Å². The number of aliphatic hydroxyl groups excluding tert-OH is 1. The zero-order valence-electron chi connectivity index (χ0n) is 17.1. The molecule has 0 saturated heterocycles. The van der Waals surface area contributed by atoms with E-state index >= 15 is 0 Å². The number of hydrogen-bond donors (Lipinski definition) is 1. The molecule has 0 saturated carbocycles. The van der Waals surface area contributed by atoms with Crippen LogP contribution in [0.3, 0.4) is 0 Å². The summed E-state index contributed by atoms with van der Waals surface area (Å²) in [6, 6.07) is 11.9. The number of esters is 1. The first-order chi connectivity index (χ1) is 14.3. The number of aryl methyl sites for hydroxylation is 1. The Labute approximate surface area is 176 Å². The quantitative estimate of drug-likeness (QED) is 0.577. The van der Waals surface area contributed by atoms with E-state index < -0.39 is 28.0 Å². The van der Waals surface area contributed by atoms with Gasteiger partial charge in [0, 0.05) is 30.6 Å². The van der Waals surface area contributed by atoms with Gasteiger partial charge in [-0.2, -0.15) is 4.31 Å². The molecule has 2 aromatic rings. The zero-order valence-corrected chi connectivity index (χ0v) is 17.9. The molecule has 0 fully saturated rings. The van der Waals surface area contributed by atoms with Crippen molar-refractivity contribution >= 4 is 16.0 Å². The highest BCUT2D eigenvalue weighted by molar-refractivity contribution is 7.89. The Kier molecular flexibility index (Phi) is 6.60. The van der Waals surface area contributed by atoms with E-state index in [-0.39, 0.29) is 18.0 Å². The molecular formula is C22H25NO6S. The van der Waals surface area contributed by atoms with Crippen molar-refractivity contribution in [1.82, 2.24) is 4.31 Å². The van der Waals surface area contributed by atoms with Gasteiger partial charge in [0.2, 0.25) is 10.0 Å². The van der Waals surface area contributed by atoms with E-state index in [9.17, 15) is 18.3 Å². The Bertz CT molecular complexity index is 1050. The van der Waals surface area contributed by atoms with E-state index in [0.29, 0.717) is 16.9 Å². The third-order valence-corrected chi connectivity index (χ3v) is 6.99. The lowest BCUT2D eigenvalue weighted by molar-refractivity contribution is -0.134. The van der Waals surface area contributed by atoms with Gasteiger partial charge in [0.25, 0.3) is 0 Å². The van der Waals surface area contributed by atoms with Gasteiger partial charge < -0.3 is 14.6 Å². The third kappa shape index (κ3) is 4.40. The molecule has 3 rings (SSSR count). The van der Waals surface area contributed by atoms with Crippen molar-refractivity contribution in [1.29, 1.82) is 0 Å². The summed E-state index contributed by atoms with van der Waals surface area (Å²) in [4.78, 5) is 11.8. The molecule has 0 radical (unpaired) electrons. The van der Waals surface area contributed by atoms with Crippen molar-refractivity contribution in [3.05, 3.63) is 71.3 Å². The molecule has 0 aliphatic carbocycles. The molecule has 1 N–H and O–H groups in total. The van der Waals surface area contributed by atoms with Gasteiger partial charge in [-0.25, -0.2) is 13.2 Å². The predicted octanol–water partition coefficient (Wildman–Crippen LogP) is 2.38. The molecule has 30 heavy (non-hydrogen) atoms. The normalized spacial score (nSPS) is 19.9. The van der Waals surface area contributed by atoms with Crippen LogP contribution in [-0.2, 0) is 26.1 Å². The maximum absolute atomic E-state index is 13.3. The van der Waals surface area contributed by atoms with E-state index in [0.717, 1.165) is 5.56 Å². The van der Waals surface area contributed by atoms with E-state index in [1.165, 1.54) is 30.7 Å². The molecule has 8 heteroatoms. The number of rotatable bonds is 5. The van der Waals surface area contributed by atoms with E-state index in [1.807, 2.05) is 6.92 Å². The van der Waals surface area contributed by atoms with Crippen LogP contribution in [0.5, 0.6) is 5.75 Å². The Morgan fingerprint density at radius 1 is 1.17 bits per heavy atom. The highest BCUT2D eigenvalue weighted by Gasteiger charge is 2.36. The lowest BCUT2D eigenvalue weighted by Gasteiger charge is -2.23. The molecule has 0 spiro atoms. The second-order valence-electron chi connectivity index (χ2n) is 7.12. The average Bonchev–Trinajstić information content (AvgIpc) is 2.88. The summed E-state index contributed by atoms with van der Waals surface area (Å²) in [5.74, 6) is -0.693. The maximum Gasteiger partial charge on any atom is 0.330 e. The summed E-state index contributed by atoms with van der Waals surface area (Å²) < 4.78 is 37.9. The summed E-state index contributed by atoms with van der Waals surface area (Å²) in [5.41, 5.74) is 2.29. The van der Waals surface area contributed by atoms with Gasteiger partial charge in [0.05, 0.1) is 25.2 Å². The number of carbonyl (C=O) groups excluding carboxylic acids is 1. The van der Waals surface area contributed by atoms with Crippen molar-refractivity contribution in [2.75, 3.05) is 20.8 Å². The number of nitrogens with zero attached hydrogens (tertiary/aromatic N) is 1. The maximum atomic E-state index is 13.3. The van der Waals surface area contributed by atoms with Crippen LogP contribution in [0.1, 0.15) is 22.6 Å². The standard InChI is InChI=1S/C22H25NO6S/c1-15-7-9-17(10-8-15)30(26,27)23-13-16-5-4-6-20(28-2)22(16)18(19(24)14-23)11-12-21(25)29-3/h4-12,18-19,24H,13-14H2,1-3H3/b12-11+/t18-,19+/m1/s1. The number of β-amino-alcohol motifs (C(OH)–C–C–N with tert-alkyl or cyclic N) is 1. The molecule has 1 aliphatic rings. The lowest BCUT2D eigenvalue weighted by atomic mass is 9.89. The van der Waals surface area contributed by atoms with Gasteiger partial charge in [-0.1, -0.05) is 35.9 Å². The van der Waals surface area contributed by atoms with Gasteiger partial charge >= 0.3 is 5.97 Å². The van der Waals surface area contributed by atoms with Crippen LogP contribution < -0.4 is 4.74 Å². The fourth-order valence-corrected chi connectivity index (χ4v) is 5.01. The summed E-state index contributed by atoms with van der Waals surface area (Å²) in [6.45, 7) is 1.82. The van der Waals surface area contributed by atoms with Crippen molar-refractivity contribution in [2.24, 2.45) is 0 Å². The monoisotopic (exact) mass is 431 g/mol. The van der Waals surface area contributed by atoms with Gasteiger partial charge in [0.15, 0.2) is 0 Å². The predicted molar refractivity (Wildman–Crippen MR) is 112 cm³/mol. The molecule has 1 heterocycles. The van der Waals surface area contributed by atoms with E-state index in [4.69, 9.17) is 4.74 Å². The first kappa shape index (κ1) is 22.0. The number of sulfonamides is 1. The van der Waals surface area contributed by atoms with Crippen molar-refractivity contribution < 1.29 is 27.8 Å². The molecular weight excluding hydrogens is 406 g/mol. The number of ether oxygens (including phenoxy) is 2. The zero-order chi connectivity index (χ0) is 21.9. The Balaban J connectivity index is 2.08. The molecule has 0 aromatic heterocycles. The minimum absolute atomic E-state index is 0.0718. The van der Waals surface area contributed by atoms with Crippen molar-refractivity contribution in [3.63, 3.8) is 0 Å². The second-order valence-corrected chi connectivity index (χ2v) is 9.06. The first-order valence-corrected chi connectivity index (χ1v) is 10.9. The van der Waals surface area contributed by atoms with E-state index in [2.05, 4.69) is 4.74 Å². The molecule has 7 nitrogen and oxygen atoms in total. The SMILES string of the molecule is COC(=O)/C=C/[C@H]1c2c(cccc2OC)CN(S(=O)(=O)c2ccc(C)cc2)C[C@@H]1O. The largest absolute Gasteiger partial charge is 0.496 e. The van der Waals surface area contributed by atoms with Gasteiger partial charge in [0.1, 0.15) is 5.75 Å². The van der Waals surface area contributed by atoms with Crippen LogP contribution >= 0.6 is 0 Å². The number of methoxy groups -OCH3 is 2. The number of benzene rings is 2. The van der Waals surface area contributed by atoms with E-state index in [1.54, 1.807) is 42.5 Å². The fourth-order valence-electron chi connectivity index (χ4n) is 3.57. The van der Waals surface area contributed by atoms with Crippen LogP contribution in [0.25, 0.3) is 0 Å². The van der Waals surface area contributed by atoms with Crippen LogP contribution in [0.2, 0.25) is 0 Å². The fraction of sp³-hybridized carbons (Fsp3) is 0.318. The van der Waals surface area contributed by atoms with Gasteiger partial charge in [-0.3, -0.25) is 0 Å². The van der Waals surface area contributed by atoms with Crippen molar-refractivity contribution in [3.8, 4) is 5.75 Å². The van der Waals surface area contributed by atoms with Crippen LogP contribution in [0.15, 0.2) is 59.5 Å². The summed E-state index contributed by atoms with van der Waals surface area (Å²) in [5, 5.41) is 11.0. The van der Waals surface area contributed by atoms with Crippen LogP contribution in [0.4, 0.5) is 0 Å². The topological polar surface area (TPSA) is 93.1 Å². The average molecular weight is 432 g/mol. The first-order valence-electron chi connectivity index (χ1n) is 9.44. The smallest absolute Gasteiger partial charge is 0.330 e. The summed E-state index contributed by atoms with van der Waals surface area (Å²) >= 11 is 0. The molecule has 1 aliphatic heterocycles. The minimum Gasteiger partial charge on any atom is -0.496 e. The number of hydrogen-bond acceptors (Lipinski definition) is 6. The number of carbonyl (C=O) groups is 1. The Morgan fingerprint density at radius 2 is 1.87 bits per heavy atom. The highest BCUT2D eigenvalue weighted by atomic mass is 32.2. The molecule has 160 valence electrons. The molecule has 0 unspecified atom stereocenters. The second kappa shape index (κ2) is 8.99. The third-order valence-electron chi connectivity index (χ3n) is 5.16. The van der Waals surface area contributed by atoms with Crippen LogP contribution in [-0.4, -0.2) is 50.7 Å². The Morgan fingerprint density at radius 3 is 2.50 bits per heavy atom. The van der Waals surface area contributed by atoms with Gasteiger partial charge in [-0.05, 0) is 30.7 Å². The Hall–Kier alpha value is -2.68. The number of aliphatic hydroxyl groups is 1. The minimum atomic E-state index is -3.84. The van der Waals surface area contributed by atoms with Crippen molar-refractivity contribution in [2.45, 2.75) is 30.4 Å². The lowest BCUT2D eigenvalue weighted by Crippen LogP contribution is -2.36. The highest BCUT2D eigenvalue weighted by Crippen LogP contribution is 2.38. The number of fused-ring (bicyclic) bond motifs is 1. The molecule has 0 amide bonds. The summed E-state index contributed by atoms with van der Waals surface area (Å²) in [6.07, 6.45) is 1.66. The summed E-state index contributed by atoms with van der Waals surface area (Å²) in [7, 11) is -1.07. The molecule has 2 aromatic carbocycles. The molecule has 2 atom stereocenters. The van der Waals surface area contributed by atoms with Gasteiger partial charge in [-0.15, -0.1) is 0 Å². The molecule has 0 bridgehead atoms.